The zero-order valence-electron chi connectivity index (χ0n) is 21.3. The highest BCUT2D eigenvalue weighted by Crippen LogP contribution is 2.33. The highest BCUT2D eigenvalue weighted by Gasteiger charge is 2.24. The Hall–Kier alpha value is 1.04. The minimum absolute atomic E-state index is 0.0110. The van der Waals surface area contributed by atoms with Gasteiger partial charge >= 0.3 is 17.9 Å². The van der Waals surface area contributed by atoms with Gasteiger partial charge in [-0.3, -0.25) is 4.55 Å². The molecule has 4 aromatic carbocycles. The van der Waals surface area contributed by atoms with Crippen molar-refractivity contribution in [3.8, 4) is 17.2 Å². The van der Waals surface area contributed by atoms with Crippen molar-refractivity contribution in [2.24, 2.45) is 0 Å². The molecule has 0 saturated heterocycles. The predicted octanol–water partition coefficient (Wildman–Crippen LogP) is 9.43. The highest BCUT2D eigenvalue weighted by atomic mass is 127. The maximum Gasteiger partial charge on any atom is 0.345 e. The van der Waals surface area contributed by atoms with E-state index >= 15 is 0 Å². The van der Waals surface area contributed by atoms with Crippen molar-refractivity contribution in [2.45, 2.75) is 4.90 Å². The molecule has 0 atom stereocenters. The first-order valence-electron chi connectivity index (χ1n) is 11.5. The monoisotopic (exact) mass is 1530 g/mol. The minimum atomic E-state index is -4.53. The van der Waals surface area contributed by atoms with Crippen molar-refractivity contribution >= 4 is 209 Å². The second kappa shape index (κ2) is 16.4. The van der Waals surface area contributed by atoms with Crippen LogP contribution in [0.15, 0.2) is 59.5 Å². The van der Waals surface area contributed by atoms with E-state index in [-0.39, 0.29) is 34.8 Å². The van der Waals surface area contributed by atoms with Gasteiger partial charge in [-0.2, -0.15) is 8.42 Å². The molecule has 4 rings (SSSR count). The topological polar surface area (TPSA) is 133 Å². The lowest BCUT2D eigenvalue weighted by molar-refractivity contribution is 0.0728. The number of rotatable bonds is 7. The van der Waals surface area contributed by atoms with Gasteiger partial charge in [-0.15, -0.1) is 0 Å². The Morgan fingerprint density at radius 1 is 0.489 bits per heavy atom. The number of esters is 3. The Bertz CT molecular complexity index is 1860. The Morgan fingerprint density at radius 2 is 0.800 bits per heavy atom. The maximum absolute atomic E-state index is 13.3. The van der Waals surface area contributed by atoms with Gasteiger partial charge in [0.05, 0.1) is 16.7 Å². The molecular weight excluding hydrogens is 1520 g/mol. The summed E-state index contributed by atoms with van der Waals surface area (Å²) in [4.78, 5) is 39.4. The molecule has 0 heterocycles. The number of hydrogen-bond donors (Lipinski definition) is 1. The summed E-state index contributed by atoms with van der Waals surface area (Å²) in [6, 6.07) is 13.7. The van der Waals surface area contributed by atoms with Crippen LogP contribution in [0, 0.1) is 28.6 Å². The molecule has 0 unspecified atom stereocenters. The average molecular weight is 1530 g/mol. The molecule has 0 radical (unpaired) electrons. The zero-order chi connectivity index (χ0) is 33.4. The van der Waals surface area contributed by atoms with E-state index in [0.29, 0.717) is 25.4 Å². The minimum Gasteiger partial charge on any atom is -0.423 e. The molecule has 0 fully saturated rings. The number of carbonyl (C=O) groups excluding carboxylic acids is 3. The molecule has 0 amide bonds. The third-order valence-corrected chi connectivity index (χ3v) is 13.4. The summed E-state index contributed by atoms with van der Waals surface area (Å²) in [6.07, 6.45) is 0. The van der Waals surface area contributed by atoms with Gasteiger partial charge < -0.3 is 14.2 Å². The number of carbonyl (C=O) groups is 3. The SMILES string of the molecule is O=C(Oc1cc(OC(=O)c2c(I)cc(I)cc2I)cc(OC(=O)c2c(I)cc(I)cc2I)c1)c1cc(I)c(S(=O)(=O)O)c(I)c1. The lowest BCUT2D eigenvalue weighted by Gasteiger charge is -2.14. The first kappa shape index (κ1) is 38.8. The fraction of sp³-hybridized carbons (Fsp3) is 0. The van der Waals surface area contributed by atoms with Crippen molar-refractivity contribution in [1.82, 2.24) is 0 Å². The number of hydrogen-bond acceptors (Lipinski definition) is 8. The van der Waals surface area contributed by atoms with Crippen LogP contribution < -0.4 is 14.2 Å². The van der Waals surface area contributed by atoms with E-state index in [0.717, 1.165) is 7.14 Å². The summed E-state index contributed by atoms with van der Waals surface area (Å²) >= 11 is 15.9. The Kier molecular flexibility index (Phi) is 14.1. The first-order chi connectivity index (χ1) is 20.9. The van der Waals surface area contributed by atoms with Gasteiger partial charge in [-0.05, 0) is 217 Å². The third kappa shape index (κ3) is 10.1. The summed E-state index contributed by atoms with van der Waals surface area (Å²) in [7, 11) is -4.53. The molecule has 0 bridgehead atoms. The molecule has 0 aliphatic carbocycles. The van der Waals surface area contributed by atoms with Crippen molar-refractivity contribution in [1.29, 1.82) is 0 Å². The second-order valence-corrected chi connectivity index (χ2v) is 19.4. The van der Waals surface area contributed by atoms with E-state index in [2.05, 4.69) is 45.2 Å². The molecule has 0 aliphatic heterocycles. The van der Waals surface area contributed by atoms with Crippen molar-refractivity contribution in [3.05, 3.63) is 99.8 Å². The van der Waals surface area contributed by atoms with Crippen LogP contribution in [0.1, 0.15) is 31.1 Å². The Labute approximate surface area is 365 Å². The smallest absolute Gasteiger partial charge is 0.345 e. The Morgan fingerprint density at radius 3 is 1.11 bits per heavy atom. The van der Waals surface area contributed by atoms with E-state index in [1.165, 1.54) is 30.3 Å². The van der Waals surface area contributed by atoms with Gasteiger partial charge in [-0.25, -0.2) is 14.4 Å². The molecular formula is C27H10I8O9S. The molecule has 0 aliphatic rings. The van der Waals surface area contributed by atoms with Gasteiger partial charge in [0.2, 0.25) is 0 Å². The fourth-order valence-corrected chi connectivity index (χ4v) is 15.7. The van der Waals surface area contributed by atoms with Crippen molar-refractivity contribution < 1.29 is 41.6 Å². The van der Waals surface area contributed by atoms with Gasteiger partial charge in [0.25, 0.3) is 10.1 Å². The van der Waals surface area contributed by atoms with Crippen LogP contribution >= 0.6 is 181 Å². The van der Waals surface area contributed by atoms with E-state index in [4.69, 9.17) is 14.2 Å². The zero-order valence-corrected chi connectivity index (χ0v) is 39.4. The molecule has 4 aromatic rings. The maximum atomic E-state index is 13.3. The molecule has 9 nitrogen and oxygen atoms in total. The van der Waals surface area contributed by atoms with E-state index in [1.807, 2.05) is 115 Å². The van der Waals surface area contributed by atoms with Gasteiger partial charge in [-0.1, -0.05) is 0 Å². The summed E-state index contributed by atoms with van der Waals surface area (Å²) < 4.78 is 54.8. The Balaban J connectivity index is 1.73. The summed E-state index contributed by atoms with van der Waals surface area (Å²) in [5.74, 6) is -2.46. The lowest BCUT2D eigenvalue weighted by atomic mass is 10.2. The summed E-state index contributed by atoms with van der Waals surface area (Å²) in [6.45, 7) is 0. The van der Waals surface area contributed by atoms with Crippen LogP contribution in [0.3, 0.4) is 0 Å². The van der Waals surface area contributed by atoms with Gasteiger partial charge in [0.1, 0.15) is 22.1 Å². The molecule has 45 heavy (non-hydrogen) atoms. The van der Waals surface area contributed by atoms with Crippen LogP contribution in [-0.2, 0) is 10.1 Å². The highest BCUT2D eigenvalue weighted by molar-refractivity contribution is 14.1. The molecule has 0 saturated carbocycles. The number of ether oxygens (including phenoxy) is 3. The summed E-state index contributed by atoms with van der Waals surface area (Å²) in [5.41, 5.74) is 0.662. The number of benzene rings is 4. The normalized spacial score (nSPS) is 11.2. The largest absolute Gasteiger partial charge is 0.423 e. The molecule has 0 aromatic heterocycles. The average Bonchev–Trinajstić information content (AvgIpc) is 2.86. The van der Waals surface area contributed by atoms with Crippen molar-refractivity contribution in [3.63, 3.8) is 0 Å². The van der Waals surface area contributed by atoms with Crippen LogP contribution in [0.5, 0.6) is 17.2 Å². The van der Waals surface area contributed by atoms with Crippen molar-refractivity contribution in [2.75, 3.05) is 0 Å². The predicted molar refractivity (Wildman–Crippen MR) is 232 cm³/mol. The van der Waals surface area contributed by atoms with Gasteiger partial charge in [0, 0.05) is 46.8 Å². The summed E-state index contributed by atoms with van der Waals surface area (Å²) in [5, 5.41) is 0. The van der Waals surface area contributed by atoms with E-state index < -0.39 is 28.0 Å². The first-order valence-corrected chi connectivity index (χ1v) is 21.6. The van der Waals surface area contributed by atoms with Crippen LogP contribution in [0.25, 0.3) is 0 Å². The van der Waals surface area contributed by atoms with Gasteiger partial charge in [0.15, 0.2) is 0 Å². The molecule has 234 valence electrons. The van der Waals surface area contributed by atoms with E-state index in [9.17, 15) is 27.4 Å². The number of halogens is 8. The lowest BCUT2D eigenvalue weighted by Crippen LogP contribution is -2.15. The van der Waals surface area contributed by atoms with Crippen LogP contribution in [0.4, 0.5) is 0 Å². The molecule has 0 spiro atoms. The standard InChI is InChI=1S/C27H10I8O9S/c28-11-3-16(30)22(17(31)4-11)26(37)43-14-7-13(42-25(36)10-1-20(34)24(21(35)2-10)45(39,40)41)8-15(9-14)44-27(38)23-18(32)5-12(29)6-19(23)33/h1-9H,(H,39,40,41). The quantitative estimate of drug-likeness (QED) is 0.0832. The van der Waals surface area contributed by atoms with Crippen LogP contribution in [-0.4, -0.2) is 30.9 Å². The third-order valence-electron chi connectivity index (χ3n) is 5.40. The van der Waals surface area contributed by atoms with Crippen LogP contribution in [0.2, 0.25) is 0 Å². The fourth-order valence-electron chi connectivity index (χ4n) is 3.60. The second-order valence-electron chi connectivity index (χ2n) is 8.54. The van der Waals surface area contributed by atoms with E-state index in [1.54, 1.807) is 45.2 Å². The molecule has 1 N–H and O–H groups in total. The molecule has 18 heteroatoms.